The monoisotopic (exact) mass is 444 g/mol. The first-order valence-corrected chi connectivity index (χ1v) is 10.7. The van der Waals surface area contributed by atoms with Crippen molar-refractivity contribution in [1.82, 2.24) is 18.8 Å². The van der Waals surface area contributed by atoms with Gasteiger partial charge in [0.25, 0.3) is 0 Å². The van der Waals surface area contributed by atoms with Crippen molar-refractivity contribution in [2.24, 2.45) is 0 Å². The van der Waals surface area contributed by atoms with Crippen molar-refractivity contribution in [3.63, 3.8) is 0 Å². The Labute approximate surface area is 170 Å². The lowest BCUT2D eigenvalue weighted by molar-refractivity contribution is -0.147. The molecular weight excluding hydrogens is 429 g/mol. The number of aromatic nitrogens is 3. The van der Waals surface area contributed by atoms with Crippen LogP contribution in [0.3, 0.4) is 0 Å². The summed E-state index contributed by atoms with van der Waals surface area (Å²) in [6.07, 6.45) is -2.79. The van der Waals surface area contributed by atoms with Crippen LogP contribution in [0, 0.1) is 0 Å². The minimum atomic E-state index is -4.63. The number of halogens is 4. The van der Waals surface area contributed by atoms with E-state index in [2.05, 4.69) is 9.97 Å². The van der Waals surface area contributed by atoms with Crippen molar-refractivity contribution < 1.29 is 21.6 Å². The maximum absolute atomic E-state index is 13.5. The maximum Gasteiger partial charge on any atom is 0.449 e. The van der Waals surface area contributed by atoms with Crippen molar-refractivity contribution >= 4 is 32.8 Å². The topological polar surface area (TPSA) is 68.1 Å². The van der Waals surface area contributed by atoms with Gasteiger partial charge >= 0.3 is 6.18 Å². The number of nitrogens with zero attached hydrogens (tertiary/aromatic N) is 4. The van der Waals surface area contributed by atoms with E-state index < -0.39 is 28.1 Å². The number of hydrogen-bond acceptors (Lipinski definition) is 4. The van der Waals surface area contributed by atoms with Gasteiger partial charge in [-0.3, -0.25) is 0 Å². The number of benzene rings is 1. The van der Waals surface area contributed by atoms with Gasteiger partial charge in [-0.05, 0) is 43.2 Å². The minimum absolute atomic E-state index is 0.0641. The fraction of sp³-hybridized carbons (Fsp3) is 0.333. The molecule has 4 rings (SSSR count). The van der Waals surface area contributed by atoms with Crippen molar-refractivity contribution in [3.8, 4) is 0 Å². The average molecular weight is 445 g/mol. The van der Waals surface area contributed by atoms with Gasteiger partial charge in [-0.2, -0.15) is 17.5 Å². The second-order valence-corrected chi connectivity index (χ2v) is 9.12. The molecule has 0 N–H and O–H groups in total. The van der Waals surface area contributed by atoms with Crippen LogP contribution in [0.15, 0.2) is 47.5 Å². The molecular formula is C18H16ClF3N4O2S. The second-order valence-electron chi connectivity index (χ2n) is 6.74. The van der Waals surface area contributed by atoms with Gasteiger partial charge in [-0.1, -0.05) is 17.7 Å². The largest absolute Gasteiger partial charge is 0.449 e. The third-order valence-electron chi connectivity index (χ3n) is 4.92. The molecule has 3 heterocycles. The van der Waals surface area contributed by atoms with Crippen molar-refractivity contribution in [2.45, 2.75) is 30.0 Å². The molecule has 0 spiro atoms. The van der Waals surface area contributed by atoms with Gasteiger partial charge in [0.15, 0.2) is 5.65 Å². The van der Waals surface area contributed by atoms with Crippen LogP contribution < -0.4 is 0 Å². The number of pyridine rings is 1. The third-order valence-corrected chi connectivity index (χ3v) is 7.05. The van der Waals surface area contributed by atoms with Crippen molar-refractivity contribution in [2.75, 3.05) is 13.1 Å². The van der Waals surface area contributed by atoms with Gasteiger partial charge in [-0.15, -0.1) is 0 Å². The van der Waals surface area contributed by atoms with Gasteiger partial charge in [0.2, 0.25) is 15.8 Å². The summed E-state index contributed by atoms with van der Waals surface area (Å²) in [5, 5.41) is 0.298. The number of alkyl halides is 3. The fourth-order valence-corrected chi connectivity index (χ4v) is 5.36. The van der Waals surface area contributed by atoms with Gasteiger partial charge in [0, 0.05) is 30.4 Å². The molecule has 0 amide bonds. The van der Waals surface area contributed by atoms with Crippen LogP contribution in [0.4, 0.5) is 13.2 Å². The predicted octanol–water partition coefficient (Wildman–Crippen LogP) is 4.13. The van der Waals surface area contributed by atoms with E-state index in [1.54, 1.807) is 12.1 Å². The molecule has 1 aliphatic heterocycles. The molecule has 1 aliphatic rings. The zero-order valence-corrected chi connectivity index (χ0v) is 16.5. The number of piperidine rings is 1. The van der Waals surface area contributed by atoms with Crippen LogP contribution in [-0.4, -0.2) is 40.3 Å². The molecule has 0 unspecified atom stereocenters. The van der Waals surface area contributed by atoms with E-state index in [4.69, 9.17) is 11.6 Å². The standard InChI is InChI=1S/C18H16ClF3N4O2S/c19-12-3-1-4-14(11-12)29(27,28)25-9-6-13(7-10-25)26-16-15(5-2-8-23-16)24-17(26)18(20,21)22/h1-5,8,11,13H,6-7,9-10H2. The molecule has 29 heavy (non-hydrogen) atoms. The Morgan fingerprint density at radius 2 is 1.83 bits per heavy atom. The molecule has 0 atom stereocenters. The van der Waals surface area contributed by atoms with Gasteiger partial charge in [0.1, 0.15) is 5.52 Å². The molecule has 3 aromatic rings. The van der Waals surface area contributed by atoms with E-state index >= 15 is 0 Å². The van der Waals surface area contributed by atoms with Crippen LogP contribution in [0.1, 0.15) is 24.7 Å². The lowest BCUT2D eigenvalue weighted by atomic mass is 10.1. The molecule has 11 heteroatoms. The summed E-state index contributed by atoms with van der Waals surface area (Å²) < 4.78 is 68.6. The highest BCUT2D eigenvalue weighted by molar-refractivity contribution is 7.89. The smallest absolute Gasteiger partial charge is 0.302 e. The Morgan fingerprint density at radius 3 is 2.48 bits per heavy atom. The predicted molar refractivity (Wildman–Crippen MR) is 101 cm³/mol. The molecule has 1 saturated heterocycles. The highest BCUT2D eigenvalue weighted by Gasteiger charge is 2.41. The molecule has 0 aliphatic carbocycles. The molecule has 154 valence electrons. The summed E-state index contributed by atoms with van der Waals surface area (Å²) in [6.45, 7) is 0.173. The molecule has 0 radical (unpaired) electrons. The van der Waals surface area contributed by atoms with E-state index in [1.165, 1.54) is 34.8 Å². The van der Waals surface area contributed by atoms with E-state index in [0.29, 0.717) is 5.02 Å². The Kier molecular flexibility index (Phi) is 5.04. The first-order chi connectivity index (χ1) is 13.7. The summed E-state index contributed by atoms with van der Waals surface area (Å²) in [5.41, 5.74) is 0.310. The van der Waals surface area contributed by atoms with E-state index in [9.17, 15) is 21.6 Å². The zero-order chi connectivity index (χ0) is 20.8. The first kappa shape index (κ1) is 20.1. The molecule has 1 aromatic carbocycles. The van der Waals surface area contributed by atoms with Crippen LogP contribution in [0.25, 0.3) is 11.2 Å². The molecule has 0 saturated carbocycles. The summed E-state index contributed by atoms with van der Waals surface area (Å²) in [5.74, 6) is -1.01. The first-order valence-electron chi connectivity index (χ1n) is 8.84. The summed E-state index contributed by atoms with van der Waals surface area (Å²) >= 11 is 5.89. The lowest BCUT2D eigenvalue weighted by Gasteiger charge is -2.32. The Morgan fingerprint density at radius 1 is 1.10 bits per heavy atom. The van der Waals surface area contributed by atoms with E-state index in [0.717, 1.165) is 4.57 Å². The van der Waals surface area contributed by atoms with Crippen LogP contribution >= 0.6 is 11.6 Å². The highest BCUT2D eigenvalue weighted by Crippen LogP contribution is 2.36. The maximum atomic E-state index is 13.5. The SMILES string of the molecule is O=S(=O)(c1cccc(Cl)c1)N1CCC(n2c(C(F)(F)F)nc3cccnc32)CC1. The van der Waals surface area contributed by atoms with Crippen LogP contribution in [0.2, 0.25) is 5.02 Å². The third kappa shape index (κ3) is 3.72. The summed E-state index contributed by atoms with van der Waals surface area (Å²) in [4.78, 5) is 7.85. The average Bonchev–Trinajstić information content (AvgIpc) is 3.08. The van der Waals surface area contributed by atoms with Gasteiger partial charge < -0.3 is 4.57 Å². The van der Waals surface area contributed by atoms with Crippen LogP contribution in [-0.2, 0) is 16.2 Å². The van der Waals surface area contributed by atoms with Crippen molar-refractivity contribution in [1.29, 1.82) is 0 Å². The molecule has 6 nitrogen and oxygen atoms in total. The minimum Gasteiger partial charge on any atom is -0.302 e. The number of hydrogen-bond donors (Lipinski definition) is 0. The highest BCUT2D eigenvalue weighted by atomic mass is 35.5. The second kappa shape index (κ2) is 7.26. The molecule has 2 aromatic heterocycles. The summed E-state index contributed by atoms with van der Waals surface area (Å²) in [6, 6.07) is 8.37. The Hall–Kier alpha value is -2.17. The number of rotatable bonds is 3. The fourth-order valence-electron chi connectivity index (χ4n) is 3.59. The molecule has 0 bridgehead atoms. The lowest BCUT2D eigenvalue weighted by Crippen LogP contribution is -2.39. The normalized spacial score (nSPS) is 17.1. The zero-order valence-electron chi connectivity index (χ0n) is 15.0. The van der Waals surface area contributed by atoms with E-state index in [-0.39, 0.29) is 42.0 Å². The van der Waals surface area contributed by atoms with E-state index in [1.807, 2.05) is 0 Å². The number of fused-ring (bicyclic) bond motifs is 1. The van der Waals surface area contributed by atoms with Crippen molar-refractivity contribution in [3.05, 3.63) is 53.4 Å². The summed E-state index contributed by atoms with van der Waals surface area (Å²) in [7, 11) is -3.77. The molecule has 1 fully saturated rings. The van der Waals surface area contributed by atoms with Crippen LogP contribution in [0.5, 0.6) is 0 Å². The quantitative estimate of drug-likeness (QED) is 0.609. The van der Waals surface area contributed by atoms with Gasteiger partial charge in [0.05, 0.1) is 4.90 Å². The van der Waals surface area contributed by atoms with Gasteiger partial charge in [-0.25, -0.2) is 18.4 Å². The number of sulfonamides is 1. The number of imidazole rings is 1. The Bertz CT molecular complexity index is 1160. The Balaban J connectivity index is 1.62.